The molecule has 1 aromatic carbocycles. The van der Waals surface area contributed by atoms with Gasteiger partial charge in [0.05, 0.1) is 13.2 Å². The molecule has 0 bridgehead atoms. The number of esters is 1. The first kappa shape index (κ1) is 15.0. The lowest BCUT2D eigenvalue weighted by Gasteiger charge is -2.19. The molecular weight excluding hydrogens is 274 g/mol. The highest BCUT2D eigenvalue weighted by atomic mass is 16.6. The number of ketones is 1. The van der Waals surface area contributed by atoms with E-state index in [2.05, 4.69) is 4.74 Å². The van der Waals surface area contributed by atoms with Crippen molar-refractivity contribution in [2.45, 2.75) is 19.6 Å². The second-order valence-corrected chi connectivity index (χ2v) is 4.85. The highest BCUT2D eigenvalue weighted by Crippen LogP contribution is 2.21. The highest BCUT2D eigenvalue weighted by molar-refractivity contribution is 6.05. The summed E-state index contributed by atoms with van der Waals surface area (Å²) in [4.78, 5) is 36.7. The topological polar surface area (TPSA) is 72.9 Å². The summed E-state index contributed by atoms with van der Waals surface area (Å²) >= 11 is 0. The van der Waals surface area contributed by atoms with E-state index in [9.17, 15) is 14.4 Å². The maximum Gasteiger partial charge on any atom is 0.410 e. The Morgan fingerprint density at radius 3 is 2.57 bits per heavy atom. The van der Waals surface area contributed by atoms with Gasteiger partial charge in [0, 0.05) is 6.54 Å². The molecule has 1 aliphatic rings. The van der Waals surface area contributed by atoms with Crippen LogP contribution >= 0.6 is 0 Å². The Balaban J connectivity index is 1.96. The first-order chi connectivity index (χ1) is 10.0. The maximum absolute atomic E-state index is 12.0. The molecule has 6 nitrogen and oxygen atoms in total. The fourth-order valence-corrected chi connectivity index (χ4v) is 2.26. The summed E-state index contributed by atoms with van der Waals surface area (Å²) in [5.74, 6) is -1.86. The molecule has 112 valence electrons. The summed E-state index contributed by atoms with van der Waals surface area (Å²) in [5, 5.41) is 0. The molecule has 0 radical (unpaired) electrons. The smallest absolute Gasteiger partial charge is 0.410 e. The number of Topliss-reactive ketones (excluding diaryl/α,β-unsaturated/α-hetero) is 1. The molecule has 0 aliphatic carbocycles. The Hall–Kier alpha value is -2.37. The fourth-order valence-electron chi connectivity index (χ4n) is 2.26. The van der Waals surface area contributed by atoms with Gasteiger partial charge in [-0.05, 0) is 12.5 Å². The SMILES string of the molecule is COC(=O)C1CN(C(=O)OCc2ccccc2)[C@H](C)C1=O. The summed E-state index contributed by atoms with van der Waals surface area (Å²) < 4.78 is 9.75. The van der Waals surface area contributed by atoms with Crippen molar-refractivity contribution in [1.82, 2.24) is 4.90 Å². The van der Waals surface area contributed by atoms with E-state index in [1.165, 1.54) is 12.0 Å². The number of ether oxygens (including phenoxy) is 2. The first-order valence-corrected chi connectivity index (χ1v) is 6.63. The summed E-state index contributed by atoms with van der Waals surface area (Å²) in [6.07, 6.45) is -0.605. The highest BCUT2D eigenvalue weighted by Gasteiger charge is 2.45. The monoisotopic (exact) mass is 291 g/mol. The van der Waals surface area contributed by atoms with Crippen molar-refractivity contribution in [2.75, 3.05) is 13.7 Å². The van der Waals surface area contributed by atoms with Gasteiger partial charge in [-0.1, -0.05) is 30.3 Å². The summed E-state index contributed by atoms with van der Waals surface area (Å²) in [5.41, 5.74) is 0.855. The number of nitrogens with zero attached hydrogens (tertiary/aromatic N) is 1. The molecule has 1 aromatic rings. The molecule has 1 saturated heterocycles. The third-order valence-corrected chi connectivity index (χ3v) is 3.53. The van der Waals surface area contributed by atoms with E-state index in [1.807, 2.05) is 30.3 Å². The van der Waals surface area contributed by atoms with E-state index in [-0.39, 0.29) is 18.9 Å². The van der Waals surface area contributed by atoms with Crippen molar-refractivity contribution in [3.63, 3.8) is 0 Å². The van der Waals surface area contributed by atoms with Gasteiger partial charge in [-0.15, -0.1) is 0 Å². The number of likely N-dealkylation sites (tertiary alicyclic amines) is 1. The summed E-state index contributed by atoms with van der Waals surface area (Å²) in [6.45, 7) is 1.70. The molecule has 2 rings (SSSR count). The van der Waals surface area contributed by atoms with Crippen LogP contribution < -0.4 is 0 Å². The van der Waals surface area contributed by atoms with Crippen LogP contribution in [0.2, 0.25) is 0 Å². The molecule has 1 heterocycles. The van der Waals surface area contributed by atoms with Gasteiger partial charge in [0.2, 0.25) is 0 Å². The Bertz CT molecular complexity index is 542. The predicted octanol–water partition coefficient (Wildman–Crippen LogP) is 1.39. The van der Waals surface area contributed by atoms with Crippen molar-refractivity contribution in [3.05, 3.63) is 35.9 Å². The minimum Gasteiger partial charge on any atom is -0.468 e. The molecule has 0 N–H and O–H groups in total. The van der Waals surface area contributed by atoms with E-state index >= 15 is 0 Å². The number of carbonyl (C=O) groups is 3. The number of benzene rings is 1. The Kier molecular flexibility index (Phi) is 4.57. The van der Waals surface area contributed by atoms with Crippen LogP contribution in [0.3, 0.4) is 0 Å². The predicted molar refractivity (Wildman–Crippen MR) is 73.3 cm³/mol. The van der Waals surface area contributed by atoms with Crippen molar-refractivity contribution in [1.29, 1.82) is 0 Å². The molecular formula is C15H17NO5. The summed E-state index contributed by atoms with van der Waals surface area (Å²) in [6, 6.07) is 8.55. The molecule has 0 spiro atoms. The third-order valence-electron chi connectivity index (χ3n) is 3.53. The van der Waals surface area contributed by atoms with Crippen LogP contribution in [0.5, 0.6) is 0 Å². The average Bonchev–Trinajstić information content (AvgIpc) is 2.81. The molecule has 1 aliphatic heterocycles. The lowest BCUT2D eigenvalue weighted by atomic mass is 10.1. The quantitative estimate of drug-likeness (QED) is 0.621. The lowest BCUT2D eigenvalue weighted by Crippen LogP contribution is -2.36. The first-order valence-electron chi connectivity index (χ1n) is 6.63. The van der Waals surface area contributed by atoms with Crippen molar-refractivity contribution >= 4 is 17.8 Å². The lowest BCUT2D eigenvalue weighted by molar-refractivity contribution is -0.147. The maximum atomic E-state index is 12.0. The second kappa shape index (κ2) is 6.39. The van der Waals surface area contributed by atoms with E-state index in [1.54, 1.807) is 6.92 Å². The molecule has 0 saturated carbocycles. The van der Waals surface area contributed by atoms with Crippen LogP contribution in [0.25, 0.3) is 0 Å². The number of amides is 1. The van der Waals surface area contributed by atoms with Gasteiger partial charge >= 0.3 is 12.1 Å². The molecule has 6 heteroatoms. The Labute approximate surface area is 122 Å². The van der Waals surface area contributed by atoms with Crippen LogP contribution in [-0.2, 0) is 25.7 Å². The van der Waals surface area contributed by atoms with E-state index in [4.69, 9.17) is 4.74 Å². The second-order valence-electron chi connectivity index (χ2n) is 4.85. The van der Waals surface area contributed by atoms with Crippen LogP contribution in [0.4, 0.5) is 4.79 Å². The van der Waals surface area contributed by atoms with Gasteiger partial charge in [-0.3, -0.25) is 14.5 Å². The molecule has 2 atom stereocenters. The van der Waals surface area contributed by atoms with E-state index < -0.39 is 24.0 Å². The minimum atomic E-state index is -0.922. The van der Waals surface area contributed by atoms with Crippen LogP contribution in [-0.4, -0.2) is 42.4 Å². The van der Waals surface area contributed by atoms with Gasteiger partial charge in [-0.25, -0.2) is 4.79 Å². The molecule has 21 heavy (non-hydrogen) atoms. The van der Waals surface area contributed by atoms with Gasteiger partial charge < -0.3 is 9.47 Å². The Morgan fingerprint density at radius 2 is 1.95 bits per heavy atom. The fraction of sp³-hybridized carbons (Fsp3) is 0.400. The van der Waals surface area contributed by atoms with Gasteiger partial charge in [0.25, 0.3) is 0 Å². The van der Waals surface area contributed by atoms with Crippen molar-refractivity contribution in [2.24, 2.45) is 5.92 Å². The number of hydrogen-bond acceptors (Lipinski definition) is 5. The van der Waals surface area contributed by atoms with Gasteiger partial charge in [0.1, 0.15) is 12.5 Å². The Morgan fingerprint density at radius 1 is 1.29 bits per heavy atom. The number of hydrogen-bond donors (Lipinski definition) is 0. The van der Waals surface area contributed by atoms with Crippen LogP contribution in [0.15, 0.2) is 30.3 Å². The van der Waals surface area contributed by atoms with Crippen molar-refractivity contribution in [3.8, 4) is 0 Å². The average molecular weight is 291 g/mol. The standard InChI is InChI=1S/C15H17NO5/c1-10-13(17)12(14(18)20-2)8-16(10)15(19)21-9-11-6-4-3-5-7-11/h3-7,10,12H,8-9H2,1-2H3/t10-,12?/m1/s1. The molecule has 1 unspecified atom stereocenters. The van der Waals surface area contributed by atoms with E-state index in [0.717, 1.165) is 5.56 Å². The van der Waals surface area contributed by atoms with Gasteiger partial charge in [-0.2, -0.15) is 0 Å². The molecule has 1 fully saturated rings. The zero-order chi connectivity index (χ0) is 15.4. The zero-order valence-corrected chi connectivity index (χ0v) is 11.9. The van der Waals surface area contributed by atoms with E-state index in [0.29, 0.717) is 0 Å². The molecule has 1 amide bonds. The van der Waals surface area contributed by atoms with Crippen LogP contribution in [0, 0.1) is 5.92 Å². The van der Waals surface area contributed by atoms with Gasteiger partial charge in [0.15, 0.2) is 5.78 Å². The minimum absolute atomic E-state index is 0.000294. The third kappa shape index (κ3) is 3.21. The van der Waals surface area contributed by atoms with Crippen LogP contribution in [0.1, 0.15) is 12.5 Å². The number of rotatable bonds is 3. The normalized spacial score (nSPS) is 21.2. The number of carbonyl (C=O) groups excluding carboxylic acids is 3. The largest absolute Gasteiger partial charge is 0.468 e. The molecule has 0 aromatic heterocycles. The number of methoxy groups -OCH3 is 1. The summed E-state index contributed by atoms with van der Waals surface area (Å²) in [7, 11) is 1.22. The zero-order valence-electron chi connectivity index (χ0n) is 11.9. The van der Waals surface area contributed by atoms with Crippen molar-refractivity contribution < 1.29 is 23.9 Å².